The third-order valence-corrected chi connectivity index (χ3v) is 3.64. The van der Waals surface area contributed by atoms with E-state index in [-0.39, 0.29) is 6.04 Å². The molecule has 2 rings (SSSR count). The number of aromatic amines is 1. The van der Waals surface area contributed by atoms with Crippen molar-refractivity contribution in [1.82, 2.24) is 15.1 Å². The van der Waals surface area contributed by atoms with Gasteiger partial charge in [0.1, 0.15) is 0 Å². The Morgan fingerprint density at radius 2 is 2.35 bits per heavy atom. The van der Waals surface area contributed by atoms with Crippen LogP contribution in [0.3, 0.4) is 0 Å². The first kappa shape index (κ1) is 15.0. The van der Waals surface area contributed by atoms with Crippen molar-refractivity contribution in [3.8, 4) is 6.07 Å². The molecular weight excluding hydrogens is 256 g/mol. The standard InChI is InChI=1S/C14H22N4O2/c1-11-14(12(2)17-16-11)13-10-20-9-6-18(13)5-8-19-7-3-4-15/h13H,3,5-10H2,1-2H3,(H,16,17). The van der Waals surface area contributed by atoms with Crippen LogP contribution in [0.4, 0.5) is 0 Å². The Morgan fingerprint density at radius 3 is 3.05 bits per heavy atom. The predicted molar refractivity (Wildman–Crippen MR) is 74.2 cm³/mol. The van der Waals surface area contributed by atoms with Gasteiger partial charge in [0.2, 0.25) is 0 Å². The average molecular weight is 278 g/mol. The molecule has 20 heavy (non-hydrogen) atoms. The summed E-state index contributed by atoms with van der Waals surface area (Å²) in [6.45, 7) is 8.42. The molecule has 0 bridgehead atoms. The maximum Gasteiger partial charge on any atom is 0.0665 e. The fraction of sp³-hybridized carbons (Fsp3) is 0.714. The van der Waals surface area contributed by atoms with E-state index in [0.29, 0.717) is 26.2 Å². The van der Waals surface area contributed by atoms with E-state index < -0.39 is 0 Å². The van der Waals surface area contributed by atoms with Crippen molar-refractivity contribution < 1.29 is 9.47 Å². The van der Waals surface area contributed by atoms with Gasteiger partial charge in [0.25, 0.3) is 0 Å². The molecule has 110 valence electrons. The van der Waals surface area contributed by atoms with Gasteiger partial charge in [0.15, 0.2) is 0 Å². The minimum atomic E-state index is 0.238. The van der Waals surface area contributed by atoms with E-state index in [9.17, 15) is 0 Å². The summed E-state index contributed by atoms with van der Waals surface area (Å²) >= 11 is 0. The van der Waals surface area contributed by atoms with Crippen LogP contribution in [-0.2, 0) is 9.47 Å². The Bertz CT molecular complexity index is 447. The van der Waals surface area contributed by atoms with Gasteiger partial charge < -0.3 is 9.47 Å². The quantitative estimate of drug-likeness (QED) is 0.795. The number of aromatic nitrogens is 2. The fourth-order valence-corrected chi connectivity index (χ4v) is 2.62. The summed E-state index contributed by atoms with van der Waals surface area (Å²) in [5.41, 5.74) is 3.38. The van der Waals surface area contributed by atoms with Crippen molar-refractivity contribution >= 4 is 0 Å². The van der Waals surface area contributed by atoms with E-state index in [4.69, 9.17) is 14.7 Å². The molecule has 6 nitrogen and oxygen atoms in total. The Labute approximate surface area is 119 Å². The maximum absolute atomic E-state index is 8.48. The lowest BCUT2D eigenvalue weighted by Crippen LogP contribution is -2.41. The minimum absolute atomic E-state index is 0.238. The molecule has 0 aliphatic carbocycles. The highest BCUT2D eigenvalue weighted by Crippen LogP contribution is 2.27. The Hall–Kier alpha value is -1.42. The second kappa shape index (κ2) is 7.39. The first-order valence-corrected chi connectivity index (χ1v) is 7.02. The first-order valence-electron chi connectivity index (χ1n) is 7.02. The Morgan fingerprint density at radius 1 is 1.50 bits per heavy atom. The lowest BCUT2D eigenvalue weighted by Gasteiger charge is -2.35. The molecule has 1 unspecified atom stereocenters. The molecule has 1 atom stereocenters. The largest absolute Gasteiger partial charge is 0.379 e. The van der Waals surface area contributed by atoms with Crippen molar-refractivity contribution in [2.45, 2.75) is 26.3 Å². The molecule has 0 aromatic carbocycles. The van der Waals surface area contributed by atoms with Gasteiger partial charge in [-0.05, 0) is 13.8 Å². The van der Waals surface area contributed by atoms with E-state index >= 15 is 0 Å². The molecule has 1 aliphatic heterocycles. The first-order chi connectivity index (χ1) is 9.74. The molecule has 1 aromatic heterocycles. The van der Waals surface area contributed by atoms with Gasteiger partial charge in [-0.15, -0.1) is 0 Å². The molecule has 6 heteroatoms. The number of rotatable bonds is 6. The van der Waals surface area contributed by atoms with E-state index in [1.807, 2.05) is 13.8 Å². The summed E-state index contributed by atoms with van der Waals surface area (Å²) in [4.78, 5) is 2.38. The minimum Gasteiger partial charge on any atom is -0.379 e. The number of nitrogens with one attached hydrogen (secondary N) is 1. The van der Waals surface area contributed by atoms with Crippen molar-refractivity contribution in [3.63, 3.8) is 0 Å². The molecule has 1 fully saturated rings. The molecule has 0 spiro atoms. The lowest BCUT2D eigenvalue weighted by molar-refractivity contribution is -0.0213. The topological polar surface area (TPSA) is 74.2 Å². The second-order valence-electron chi connectivity index (χ2n) is 4.99. The zero-order chi connectivity index (χ0) is 14.4. The van der Waals surface area contributed by atoms with Gasteiger partial charge in [-0.3, -0.25) is 10.00 Å². The van der Waals surface area contributed by atoms with Crippen LogP contribution >= 0.6 is 0 Å². The summed E-state index contributed by atoms with van der Waals surface area (Å²) in [5.74, 6) is 0. The van der Waals surface area contributed by atoms with Crippen LogP contribution in [-0.4, -0.2) is 54.6 Å². The lowest BCUT2D eigenvalue weighted by atomic mass is 10.0. The maximum atomic E-state index is 8.48. The fourth-order valence-electron chi connectivity index (χ4n) is 2.62. The highest BCUT2D eigenvalue weighted by atomic mass is 16.5. The highest BCUT2D eigenvalue weighted by molar-refractivity contribution is 5.27. The van der Waals surface area contributed by atoms with Crippen LogP contribution in [0.15, 0.2) is 0 Å². The summed E-state index contributed by atoms with van der Waals surface area (Å²) in [6, 6.07) is 2.32. The number of hydrogen-bond donors (Lipinski definition) is 1. The predicted octanol–water partition coefficient (Wildman–Crippen LogP) is 1.33. The Balaban J connectivity index is 1.94. The molecular formula is C14H22N4O2. The Kier molecular flexibility index (Phi) is 5.53. The summed E-state index contributed by atoms with van der Waals surface area (Å²) in [6.07, 6.45) is 0.451. The van der Waals surface area contributed by atoms with Gasteiger partial charge in [0.05, 0.1) is 50.7 Å². The van der Waals surface area contributed by atoms with Gasteiger partial charge in [-0.2, -0.15) is 10.4 Å². The third-order valence-electron chi connectivity index (χ3n) is 3.64. The molecule has 1 aromatic rings. The van der Waals surface area contributed by atoms with Crippen LogP contribution in [0.5, 0.6) is 0 Å². The number of aryl methyl sites for hydroxylation is 2. The third kappa shape index (κ3) is 3.57. The second-order valence-corrected chi connectivity index (χ2v) is 4.99. The van der Waals surface area contributed by atoms with E-state index in [0.717, 1.165) is 31.1 Å². The van der Waals surface area contributed by atoms with Crippen LogP contribution in [0, 0.1) is 25.2 Å². The van der Waals surface area contributed by atoms with E-state index in [2.05, 4.69) is 21.2 Å². The smallest absolute Gasteiger partial charge is 0.0665 e. The normalized spacial score (nSPS) is 19.9. The van der Waals surface area contributed by atoms with Crippen molar-refractivity contribution in [2.24, 2.45) is 0 Å². The number of morpholine rings is 1. The van der Waals surface area contributed by atoms with Gasteiger partial charge in [0, 0.05) is 24.3 Å². The number of H-pyrrole nitrogens is 1. The van der Waals surface area contributed by atoms with Crippen LogP contribution in [0.1, 0.15) is 29.4 Å². The SMILES string of the molecule is Cc1n[nH]c(C)c1C1COCCN1CCOCCC#N. The summed E-state index contributed by atoms with van der Waals surface area (Å²) in [7, 11) is 0. The number of ether oxygens (including phenoxy) is 2. The zero-order valence-electron chi connectivity index (χ0n) is 12.2. The average Bonchev–Trinajstić information content (AvgIpc) is 2.79. The number of nitrogens with zero attached hydrogens (tertiary/aromatic N) is 3. The van der Waals surface area contributed by atoms with Crippen LogP contribution in [0.25, 0.3) is 0 Å². The highest BCUT2D eigenvalue weighted by Gasteiger charge is 2.28. The van der Waals surface area contributed by atoms with Crippen LogP contribution < -0.4 is 0 Å². The zero-order valence-corrected chi connectivity index (χ0v) is 12.2. The molecule has 0 radical (unpaired) electrons. The van der Waals surface area contributed by atoms with Crippen LogP contribution in [0.2, 0.25) is 0 Å². The molecule has 1 N–H and O–H groups in total. The number of nitriles is 1. The molecule has 0 saturated carbocycles. The van der Waals surface area contributed by atoms with Crippen molar-refractivity contribution in [1.29, 1.82) is 5.26 Å². The van der Waals surface area contributed by atoms with E-state index in [1.54, 1.807) is 0 Å². The summed E-state index contributed by atoms with van der Waals surface area (Å²) < 4.78 is 11.1. The monoisotopic (exact) mass is 278 g/mol. The molecule has 1 aliphatic rings. The van der Waals surface area contributed by atoms with Gasteiger partial charge in [-0.1, -0.05) is 0 Å². The van der Waals surface area contributed by atoms with Gasteiger partial charge >= 0.3 is 0 Å². The molecule has 1 saturated heterocycles. The molecule has 0 amide bonds. The summed E-state index contributed by atoms with van der Waals surface area (Å²) in [5, 5.41) is 15.8. The van der Waals surface area contributed by atoms with E-state index in [1.165, 1.54) is 5.56 Å². The number of hydrogen-bond acceptors (Lipinski definition) is 5. The van der Waals surface area contributed by atoms with Crippen molar-refractivity contribution in [2.75, 3.05) is 39.5 Å². The van der Waals surface area contributed by atoms with Crippen molar-refractivity contribution in [3.05, 3.63) is 17.0 Å². The molecule has 2 heterocycles. The van der Waals surface area contributed by atoms with Gasteiger partial charge in [-0.25, -0.2) is 0 Å².